The van der Waals surface area contributed by atoms with Crippen molar-refractivity contribution in [2.24, 2.45) is 0 Å². The minimum atomic E-state index is -2.43. The number of fused-ring (bicyclic) bond motifs is 1. The Balaban J connectivity index is 1.78. The summed E-state index contributed by atoms with van der Waals surface area (Å²) in [6, 6.07) is 13.1. The molecule has 4 rings (SSSR count). The highest BCUT2D eigenvalue weighted by atomic mass is 19.3. The molecule has 0 aliphatic heterocycles. The van der Waals surface area contributed by atoms with E-state index in [2.05, 4.69) is 15.3 Å². The standard InChI is InChI=1S/C23H17F2N3O3/c24-21(25)9-8-14-4-1-2-5-15(14)20-12-19(29)16-6-3-7-17(22(16)31-20)28-23(30)18-13-26-10-11-27-18/h1-7,10-13,21H,8-9H2,(H,28,30). The summed E-state index contributed by atoms with van der Waals surface area (Å²) in [5, 5.41) is 2.97. The van der Waals surface area contributed by atoms with Crippen LogP contribution in [0.25, 0.3) is 22.3 Å². The predicted octanol–water partition coefficient (Wildman–Crippen LogP) is 4.70. The summed E-state index contributed by atoms with van der Waals surface area (Å²) in [4.78, 5) is 33.1. The molecule has 0 aliphatic carbocycles. The maximum Gasteiger partial charge on any atom is 0.275 e. The van der Waals surface area contributed by atoms with Gasteiger partial charge in [-0.1, -0.05) is 30.3 Å². The highest BCUT2D eigenvalue weighted by Gasteiger charge is 2.16. The zero-order chi connectivity index (χ0) is 21.8. The van der Waals surface area contributed by atoms with Crippen LogP contribution in [0.5, 0.6) is 0 Å². The van der Waals surface area contributed by atoms with E-state index in [9.17, 15) is 18.4 Å². The molecule has 0 saturated carbocycles. The molecule has 8 heteroatoms. The van der Waals surface area contributed by atoms with Crippen molar-refractivity contribution < 1.29 is 18.0 Å². The molecule has 2 aromatic heterocycles. The third-order valence-corrected chi connectivity index (χ3v) is 4.71. The molecule has 0 unspecified atom stereocenters. The number of aryl methyl sites for hydroxylation is 1. The molecule has 4 aromatic rings. The van der Waals surface area contributed by atoms with Crippen LogP contribution in [-0.2, 0) is 6.42 Å². The molecule has 1 N–H and O–H groups in total. The van der Waals surface area contributed by atoms with Gasteiger partial charge < -0.3 is 9.73 Å². The molecule has 0 fully saturated rings. The third-order valence-electron chi connectivity index (χ3n) is 4.71. The topological polar surface area (TPSA) is 85.1 Å². The zero-order valence-electron chi connectivity index (χ0n) is 16.2. The summed E-state index contributed by atoms with van der Waals surface area (Å²) >= 11 is 0. The van der Waals surface area contributed by atoms with Crippen molar-refractivity contribution in [2.45, 2.75) is 19.3 Å². The highest BCUT2D eigenvalue weighted by Crippen LogP contribution is 2.30. The number of halogens is 2. The molecule has 2 aromatic carbocycles. The number of nitrogens with zero attached hydrogens (tertiary/aromatic N) is 2. The fraction of sp³-hybridized carbons (Fsp3) is 0.130. The van der Waals surface area contributed by atoms with Gasteiger partial charge in [-0.2, -0.15) is 0 Å². The minimum absolute atomic E-state index is 0.107. The van der Waals surface area contributed by atoms with Crippen molar-refractivity contribution in [3.63, 3.8) is 0 Å². The molecular weight excluding hydrogens is 404 g/mol. The Labute approximate surface area is 175 Å². The second-order valence-corrected chi connectivity index (χ2v) is 6.79. The van der Waals surface area contributed by atoms with Crippen LogP contribution in [0.3, 0.4) is 0 Å². The van der Waals surface area contributed by atoms with Crippen molar-refractivity contribution in [1.29, 1.82) is 0 Å². The lowest BCUT2D eigenvalue weighted by Crippen LogP contribution is -2.14. The van der Waals surface area contributed by atoms with E-state index >= 15 is 0 Å². The fourth-order valence-electron chi connectivity index (χ4n) is 3.25. The van der Waals surface area contributed by atoms with Gasteiger partial charge in [0.05, 0.1) is 17.3 Å². The van der Waals surface area contributed by atoms with E-state index in [1.807, 2.05) is 0 Å². The van der Waals surface area contributed by atoms with E-state index in [4.69, 9.17) is 4.42 Å². The summed E-state index contributed by atoms with van der Waals surface area (Å²) in [6.45, 7) is 0. The maximum atomic E-state index is 12.7. The van der Waals surface area contributed by atoms with E-state index in [0.717, 1.165) is 0 Å². The molecule has 31 heavy (non-hydrogen) atoms. The number of hydrogen-bond acceptors (Lipinski definition) is 5. The first-order chi connectivity index (χ1) is 15.0. The number of para-hydroxylation sites is 1. The lowest BCUT2D eigenvalue weighted by molar-refractivity contribution is 0.102. The molecule has 6 nitrogen and oxygen atoms in total. The Morgan fingerprint density at radius 3 is 2.71 bits per heavy atom. The smallest absolute Gasteiger partial charge is 0.275 e. The quantitative estimate of drug-likeness (QED) is 0.488. The second-order valence-electron chi connectivity index (χ2n) is 6.79. The summed E-state index contributed by atoms with van der Waals surface area (Å²) in [5.41, 5.74) is 1.47. The molecule has 0 atom stereocenters. The molecule has 0 saturated heterocycles. The van der Waals surface area contributed by atoms with Crippen LogP contribution in [0.2, 0.25) is 0 Å². The van der Waals surface area contributed by atoms with Gasteiger partial charge in [-0.05, 0) is 24.1 Å². The second kappa shape index (κ2) is 8.83. The van der Waals surface area contributed by atoms with E-state index in [0.29, 0.717) is 11.1 Å². The van der Waals surface area contributed by atoms with Crippen molar-refractivity contribution in [1.82, 2.24) is 9.97 Å². The van der Waals surface area contributed by atoms with Gasteiger partial charge >= 0.3 is 0 Å². The molecule has 0 radical (unpaired) electrons. The van der Waals surface area contributed by atoms with E-state index in [1.165, 1.54) is 24.7 Å². The van der Waals surface area contributed by atoms with E-state index in [1.54, 1.807) is 42.5 Å². The lowest BCUT2D eigenvalue weighted by atomic mass is 10.0. The Kier molecular flexibility index (Phi) is 5.79. The third kappa shape index (κ3) is 4.48. The maximum absolute atomic E-state index is 12.7. The highest BCUT2D eigenvalue weighted by molar-refractivity contribution is 6.06. The number of rotatable bonds is 6. The normalized spacial score (nSPS) is 11.1. The number of benzene rings is 2. The van der Waals surface area contributed by atoms with Crippen LogP contribution < -0.4 is 10.7 Å². The SMILES string of the molecule is O=C(Nc1cccc2c(=O)cc(-c3ccccc3CCC(F)F)oc12)c1cnccn1. The van der Waals surface area contributed by atoms with Crippen LogP contribution in [-0.4, -0.2) is 22.3 Å². The summed E-state index contributed by atoms with van der Waals surface area (Å²) in [6.07, 6.45) is 1.58. The van der Waals surface area contributed by atoms with Gasteiger partial charge in [0.2, 0.25) is 6.43 Å². The van der Waals surface area contributed by atoms with Crippen molar-refractivity contribution >= 4 is 22.6 Å². The number of alkyl halides is 2. The Hall–Kier alpha value is -3.94. The number of carbonyl (C=O) groups is 1. The summed E-state index contributed by atoms with van der Waals surface area (Å²) in [7, 11) is 0. The Bertz CT molecular complexity index is 1290. The summed E-state index contributed by atoms with van der Waals surface area (Å²) in [5.74, 6) is -0.269. The fourth-order valence-corrected chi connectivity index (χ4v) is 3.25. The van der Waals surface area contributed by atoms with Crippen molar-refractivity contribution in [2.75, 3.05) is 5.32 Å². The van der Waals surface area contributed by atoms with Crippen LogP contribution in [0, 0.1) is 0 Å². The van der Waals surface area contributed by atoms with Gasteiger partial charge in [-0.15, -0.1) is 0 Å². The zero-order valence-corrected chi connectivity index (χ0v) is 16.2. The number of anilines is 1. The lowest BCUT2D eigenvalue weighted by Gasteiger charge is -2.11. The predicted molar refractivity (Wildman–Crippen MR) is 112 cm³/mol. The first kappa shape index (κ1) is 20.3. The molecule has 0 aliphatic rings. The monoisotopic (exact) mass is 421 g/mol. The largest absolute Gasteiger partial charge is 0.454 e. The molecular formula is C23H17F2N3O3. The Morgan fingerprint density at radius 2 is 1.94 bits per heavy atom. The van der Waals surface area contributed by atoms with Crippen LogP contribution >= 0.6 is 0 Å². The van der Waals surface area contributed by atoms with Gasteiger partial charge in [-0.3, -0.25) is 14.6 Å². The van der Waals surface area contributed by atoms with Crippen LogP contribution in [0.15, 0.2) is 76.3 Å². The molecule has 0 spiro atoms. The number of carbonyl (C=O) groups excluding carboxylic acids is 1. The number of aromatic nitrogens is 2. The van der Waals surface area contributed by atoms with E-state index in [-0.39, 0.29) is 46.4 Å². The first-order valence-electron chi connectivity index (χ1n) is 9.53. The van der Waals surface area contributed by atoms with Crippen molar-refractivity contribution in [3.05, 3.63) is 88.6 Å². The molecule has 0 bridgehead atoms. The molecule has 2 heterocycles. The summed E-state index contributed by atoms with van der Waals surface area (Å²) < 4.78 is 31.4. The number of amides is 1. The van der Waals surface area contributed by atoms with E-state index < -0.39 is 12.3 Å². The van der Waals surface area contributed by atoms with Gasteiger partial charge in [0.1, 0.15) is 11.5 Å². The average molecular weight is 421 g/mol. The minimum Gasteiger partial charge on any atom is -0.454 e. The average Bonchev–Trinajstić information content (AvgIpc) is 2.79. The van der Waals surface area contributed by atoms with Gasteiger partial charge in [0.25, 0.3) is 5.91 Å². The molecule has 1 amide bonds. The number of hydrogen-bond donors (Lipinski definition) is 1. The van der Waals surface area contributed by atoms with Gasteiger partial charge in [0, 0.05) is 30.4 Å². The van der Waals surface area contributed by atoms with Gasteiger partial charge in [-0.25, -0.2) is 13.8 Å². The van der Waals surface area contributed by atoms with Crippen molar-refractivity contribution in [3.8, 4) is 11.3 Å². The number of nitrogens with one attached hydrogen (secondary N) is 1. The first-order valence-corrected chi connectivity index (χ1v) is 9.53. The molecule has 156 valence electrons. The van der Waals surface area contributed by atoms with Crippen LogP contribution in [0.4, 0.5) is 14.5 Å². The van der Waals surface area contributed by atoms with Gasteiger partial charge in [0.15, 0.2) is 11.0 Å². The van der Waals surface area contributed by atoms with Crippen LogP contribution in [0.1, 0.15) is 22.5 Å². The Morgan fingerprint density at radius 1 is 1.10 bits per heavy atom.